The minimum atomic E-state index is -0.164. The first-order valence-electron chi connectivity index (χ1n) is 8.37. The van der Waals surface area contributed by atoms with Gasteiger partial charge in [0.05, 0.1) is 6.04 Å². The summed E-state index contributed by atoms with van der Waals surface area (Å²) < 4.78 is 5.30. The van der Waals surface area contributed by atoms with Gasteiger partial charge >= 0.3 is 0 Å². The minimum absolute atomic E-state index is 0.0488. The number of benzene rings is 1. The van der Waals surface area contributed by atoms with Crippen LogP contribution in [-0.2, 0) is 0 Å². The van der Waals surface area contributed by atoms with Crippen molar-refractivity contribution >= 4 is 5.91 Å². The van der Waals surface area contributed by atoms with Crippen LogP contribution in [0.4, 0.5) is 0 Å². The summed E-state index contributed by atoms with van der Waals surface area (Å²) in [6, 6.07) is 12.1. The van der Waals surface area contributed by atoms with Gasteiger partial charge in [-0.2, -0.15) is 0 Å². The SMILES string of the molecule is O=C(N[C@@H](c1ccccc1)[C@@H]1CCCN1)c1cc(C2CC2)on1. The predicted molar refractivity (Wildman–Crippen MR) is 86.2 cm³/mol. The van der Waals surface area contributed by atoms with Crippen LogP contribution in [0, 0.1) is 0 Å². The minimum Gasteiger partial charge on any atom is -0.360 e. The number of hydrogen-bond acceptors (Lipinski definition) is 4. The van der Waals surface area contributed by atoms with Gasteiger partial charge in [-0.25, -0.2) is 0 Å². The number of nitrogens with zero attached hydrogens (tertiary/aromatic N) is 1. The number of hydrogen-bond donors (Lipinski definition) is 2. The molecule has 2 aromatic rings. The van der Waals surface area contributed by atoms with Crippen molar-refractivity contribution in [2.24, 2.45) is 0 Å². The zero-order valence-electron chi connectivity index (χ0n) is 13.0. The number of carbonyl (C=O) groups is 1. The third-order valence-corrected chi connectivity index (χ3v) is 4.69. The van der Waals surface area contributed by atoms with E-state index < -0.39 is 0 Å². The fraction of sp³-hybridized carbons (Fsp3) is 0.444. The summed E-state index contributed by atoms with van der Waals surface area (Å²) in [7, 11) is 0. The molecule has 23 heavy (non-hydrogen) atoms. The number of carbonyl (C=O) groups excluding carboxylic acids is 1. The monoisotopic (exact) mass is 311 g/mol. The van der Waals surface area contributed by atoms with Gasteiger partial charge < -0.3 is 15.2 Å². The maximum atomic E-state index is 12.6. The maximum Gasteiger partial charge on any atom is 0.274 e. The molecular formula is C18H21N3O2. The molecule has 1 amide bonds. The van der Waals surface area contributed by atoms with Crippen molar-refractivity contribution in [3.8, 4) is 0 Å². The highest BCUT2D eigenvalue weighted by molar-refractivity contribution is 5.92. The topological polar surface area (TPSA) is 67.2 Å². The summed E-state index contributed by atoms with van der Waals surface area (Å²) in [6.45, 7) is 1.000. The maximum absolute atomic E-state index is 12.6. The van der Waals surface area contributed by atoms with E-state index in [2.05, 4.69) is 27.9 Å². The molecule has 2 aliphatic rings. The first-order valence-corrected chi connectivity index (χ1v) is 8.37. The molecular weight excluding hydrogens is 290 g/mol. The molecule has 120 valence electrons. The van der Waals surface area contributed by atoms with Crippen LogP contribution in [0.2, 0.25) is 0 Å². The average Bonchev–Trinajstić information content (AvgIpc) is 3.10. The smallest absolute Gasteiger partial charge is 0.274 e. The van der Waals surface area contributed by atoms with Crippen LogP contribution in [0.15, 0.2) is 40.9 Å². The van der Waals surface area contributed by atoms with Gasteiger partial charge in [0, 0.05) is 18.0 Å². The van der Waals surface area contributed by atoms with Gasteiger partial charge in [-0.05, 0) is 37.8 Å². The van der Waals surface area contributed by atoms with Crippen molar-refractivity contribution < 1.29 is 9.32 Å². The van der Waals surface area contributed by atoms with E-state index >= 15 is 0 Å². The van der Waals surface area contributed by atoms with Crippen molar-refractivity contribution in [3.05, 3.63) is 53.4 Å². The molecule has 1 saturated heterocycles. The first kappa shape index (κ1) is 14.5. The lowest BCUT2D eigenvalue weighted by molar-refractivity contribution is 0.0919. The molecule has 2 N–H and O–H groups in total. The summed E-state index contributed by atoms with van der Waals surface area (Å²) in [5.41, 5.74) is 1.50. The van der Waals surface area contributed by atoms with E-state index in [1.807, 2.05) is 18.2 Å². The molecule has 0 radical (unpaired) electrons. The van der Waals surface area contributed by atoms with Crippen molar-refractivity contribution in [1.82, 2.24) is 15.8 Å². The molecule has 1 aliphatic carbocycles. The van der Waals surface area contributed by atoms with Crippen LogP contribution in [0.25, 0.3) is 0 Å². The summed E-state index contributed by atoms with van der Waals surface area (Å²) in [4.78, 5) is 12.6. The van der Waals surface area contributed by atoms with Crippen molar-refractivity contribution in [2.75, 3.05) is 6.54 Å². The normalized spacial score (nSPS) is 22.0. The molecule has 0 spiro atoms. The number of amides is 1. The van der Waals surface area contributed by atoms with Crippen molar-refractivity contribution in [3.63, 3.8) is 0 Å². The molecule has 5 heteroatoms. The fourth-order valence-corrected chi connectivity index (χ4v) is 3.24. The largest absolute Gasteiger partial charge is 0.360 e. The van der Waals surface area contributed by atoms with Crippen LogP contribution < -0.4 is 10.6 Å². The van der Waals surface area contributed by atoms with E-state index in [9.17, 15) is 4.79 Å². The molecule has 1 aliphatic heterocycles. The Bertz CT molecular complexity index is 673. The van der Waals surface area contributed by atoms with Crippen LogP contribution in [0.1, 0.15) is 59.5 Å². The Balaban J connectivity index is 1.52. The second-order valence-corrected chi connectivity index (χ2v) is 6.45. The van der Waals surface area contributed by atoms with Crippen LogP contribution >= 0.6 is 0 Å². The molecule has 2 heterocycles. The molecule has 2 fully saturated rings. The highest BCUT2D eigenvalue weighted by Crippen LogP contribution is 2.40. The van der Waals surface area contributed by atoms with Gasteiger partial charge in [-0.1, -0.05) is 35.5 Å². The second-order valence-electron chi connectivity index (χ2n) is 6.45. The third-order valence-electron chi connectivity index (χ3n) is 4.69. The molecule has 5 nitrogen and oxygen atoms in total. The predicted octanol–water partition coefficient (Wildman–Crippen LogP) is 2.78. The highest BCUT2D eigenvalue weighted by atomic mass is 16.5. The molecule has 1 saturated carbocycles. The zero-order chi connectivity index (χ0) is 15.6. The molecule has 0 bridgehead atoms. The third kappa shape index (κ3) is 3.15. The van der Waals surface area contributed by atoms with E-state index in [1.165, 1.54) is 0 Å². The van der Waals surface area contributed by atoms with Crippen molar-refractivity contribution in [2.45, 2.75) is 43.7 Å². The Morgan fingerprint density at radius 3 is 2.78 bits per heavy atom. The first-order chi connectivity index (χ1) is 11.3. The lowest BCUT2D eigenvalue weighted by Gasteiger charge is -2.25. The standard InChI is InChI=1S/C18H21N3O2/c22-18(15-11-16(23-21-15)12-8-9-12)20-17(14-7-4-10-19-14)13-5-2-1-3-6-13/h1-3,5-6,11-12,14,17,19H,4,7-10H2,(H,20,22)/t14-,17-/m0/s1. The molecule has 1 aromatic carbocycles. The van der Waals surface area contributed by atoms with Crippen molar-refractivity contribution in [1.29, 1.82) is 0 Å². The Hall–Kier alpha value is -2.14. The van der Waals surface area contributed by atoms with Gasteiger partial charge in [-0.15, -0.1) is 0 Å². The summed E-state index contributed by atoms with van der Waals surface area (Å²) in [5.74, 6) is 1.14. The Kier molecular flexibility index (Phi) is 3.87. The summed E-state index contributed by atoms with van der Waals surface area (Å²) in [6.07, 6.45) is 4.47. The fourth-order valence-electron chi connectivity index (χ4n) is 3.24. The number of rotatable bonds is 5. The Morgan fingerprint density at radius 2 is 2.09 bits per heavy atom. The quantitative estimate of drug-likeness (QED) is 0.891. The molecule has 2 atom stereocenters. The van der Waals surface area contributed by atoms with Crippen LogP contribution in [0.3, 0.4) is 0 Å². The van der Waals surface area contributed by atoms with Crippen LogP contribution in [0.5, 0.6) is 0 Å². The average molecular weight is 311 g/mol. The molecule has 4 rings (SSSR count). The summed E-state index contributed by atoms with van der Waals surface area (Å²) >= 11 is 0. The van der Waals surface area contributed by atoms with E-state index in [-0.39, 0.29) is 18.0 Å². The van der Waals surface area contributed by atoms with Gasteiger partial charge in [-0.3, -0.25) is 4.79 Å². The lowest BCUT2D eigenvalue weighted by Crippen LogP contribution is -2.41. The summed E-state index contributed by atoms with van der Waals surface area (Å²) in [5, 5.41) is 10.6. The van der Waals surface area contributed by atoms with Crippen LogP contribution in [-0.4, -0.2) is 23.7 Å². The number of aromatic nitrogens is 1. The van der Waals surface area contributed by atoms with E-state index in [0.717, 1.165) is 43.6 Å². The Labute approximate surface area is 135 Å². The van der Waals surface area contributed by atoms with Gasteiger partial charge in [0.25, 0.3) is 5.91 Å². The Morgan fingerprint density at radius 1 is 1.26 bits per heavy atom. The second kappa shape index (κ2) is 6.16. The van der Waals surface area contributed by atoms with E-state index in [4.69, 9.17) is 4.52 Å². The van der Waals surface area contributed by atoms with E-state index in [1.54, 1.807) is 6.07 Å². The van der Waals surface area contributed by atoms with Gasteiger partial charge in [0.2, 0.25) is 0 Å². The number of nitrogens with one attached hydrogen (secondary N) is 2. The van der Waals surface area contributed by atoms with Gasteiger partial charge in [0.15, 0.2) is 5.69 Å². The lowest BCUT2D eigenvalue weighted by atomic mass is 9.98. The van der Waals surface area contributed by atoms with E-state index in [0.29, 0.717) is 11.6 Å². The van der Waals surface area contributed by atoms with Gasteiger partial charge in [0.1, 0.15) is 5.76 Å². The zero-order valence-corrected chi connectivity index (χ0v) is 13.0. The molecule has 1 aromatic heterocycles. The molecule has 0 unspecified atom stereocenters. The highest BCUT2D eigenvalue weighted by Gasteiger charge is 2.31.